The van der Waals surface area contributed by atoms with E-state index in [1.54, 1.807) is 6.20 Å². The molecule has 0 aromatic carbocycles. The lowest BCUT2D eigenvalue weighted by Gasteiger charge is -2.16. The van der Waals surface area contributed by atoms with Crippen LogP contribution in [0.15, 0.2) is 6.20 Å². The van der Waals surface area contributed by atoms with Crippen LogP contribution >= 0.6 is 0 Å². The summed E-state index contributed by atoms with van der Waals surface area (Å²) in [6, 6.07) is 0.690. The highest BCUT2D eigenvalue weighted by Crippen LogP contribution is 2.31. The van der Waals surface area contributed by atoms with E-state index in [1.165, 1.54) is 12.8 Å². The fourth-order valence-electron chi connectivity index (χ4n) is 1.23. The van der Waals surface area contributed by atoms with Gasteiger partial charge in [0.2, 0.25) is 0 Å². The molecule has 0 aliphatic heterocycles. The van der Waals surface area contributed by atoms with Gasteiger partial charge in [0.15, 0.2) is 0 Å². The van der Waals surface area contributed by atoms with Gasteiger partial charge in [-0.15, -0.1) is 0 Å². The Balaban J connectivity index is 2.20. The lowest BCUT2D eigenvalue weighted by Crippen LogP contribution is -2.19. The van der Waals surface area contributed by atoms with Crippen molar-refractivity contribution >= 4 is 11.5 Å². The van der Waals surface area contributed by atoms with Crippen molar-refractivity contribution in [1.29, 1.82) is 0 Å². The summed E-state index contributed by atoms with van der Waals surface area (Å²) in [5.74, 6) is 0.666. The first kappa shape index (κ1) is 6.52. The monoisotopic (exact) mass is 152 g/mol. The lowest BCUT2D eigenvalue weighted by molar-refractivity contribution is 0.919. The highest BCUT2D eigenvalue weighted by molar-refractivity contribution is 5.62. The van der Waals surface area contributed by atoms with Crippen LogP contribution in [0.1, 0.15) is 12.8 Å². The largest absolute Gasteiger partial charge is 0.382 e. The molecule has 0 amide bonds. The van der Waals surface area contributed by atoms with Crippen molar-refractivity contribution in [3.05, 3.63) is 6.20 Å². The topological polar surface area (TPSA) is 57.9 Å². The molecule has 2 rings (SSSR count). The Morgan fingerprint density at radius 1 is 1.73 bits per heavy atom. The molecule has 0 radical (unpaired) electrons. The van der Waals surface area contributed by atoms with Gasteiger partial charge in [0.25, 0.3) is 0 Å². The Hall–Kier alpha value is -1.19. The molecule has 0 spiro atoms. The second kappa shape index (κ2) is 2.15. The van der Waals surface area contributed by atoms with E-state index in [4.69, 9.17) is 5.73 Å². The van der Waals surface area contributed by atoms with Gasteiger partial charge in [0.05, 0.1) is 11.9 Å². The van der Waals surface area contributed by atoms with Gasteiger partial charge in [-0.3, -0.25) is 5.10 Å². The Morgan fingerprint density at radius 2 is 2.45 bits per heavy atom. The van der Waals surface area contributed by atoms with Crippen molar-refractivity contribution < 1.29 is 0 Å². The molecule has 60 valence electrons. The number of nitrogen functional groups attached to an aromatic ring is 1. The van der Waals surface area contributed by atoms with Crippen LogP contribution in [0.5, 0.6) is 0 Å². The maximum Gasteiger partial charge on any atom is 0.142 e. The van der Waals surface area contributed by atoms with Gasteiger partial charge in [0, 0.05) is 13.1 Å². The number of H-pyrrole nitrogens is 1. The molecule has 1 aliphatic carbocycles. The summed E-state index contributed by atoms with van der Waals surface area (Å²) in [5.41, 5.74) is 6.67. The summed E-state index contributed by atoms with van der Waals surface area (Å²) in [5, 5.41) is 6.58. The highest BCUT2D eigenvalue weighted by Gasteiger charge is 2.27. The molecule has 0 atom stereocenters. The molecule has 0 unspecified atom stereocenters. The maximum atomic E-state index is 5.65. The van der Waals surface area contributed by atoms with Crippen molar-refractivity contribution in [2.24, 2.45) is 0 Å². The fourth-order valence-corrected chi connectivity index (χ4v) is 1.23. The number of nitrogens with two attached hydrogens (primary N) is 1. The molecule has 1 aromatic heterocycles. The maximum absolute atomic E-state index is 5.65. The van der Waals surface area contributed by atoms with Crippen molar-refractivity contribution in [2.45, 2.75) is 18.9 Å². The molecule has 11 heavy (non-hydrogen) atoms. The number of hydrogen-bond donors (Lipinski definition) is 2. The van der Waals surface area contributed by atoms with Gasteiger partial charge >= 0.3 is 0 Å². The van der Waals surface area contributed by atoms with Gasteiger partial charge in [-0.05, 0) is 12.8 Å². The smallest absolute Gasteiger partial charge is 0.142 e. The third-order valence-corrected chi connectivity index (χ3v) is 2.12. The average Bonchev–Trinajstić information content (AvgIpc) is 2.74. The predicted molar refractivity (Wildman–Crippen MR) is 44.4 cm³/mol. The highest BCUT2D eigenvalue weighted by atomic mass is 15.2. The summed E-state index contributed by atoms with van der Waals surface area (Å²) in [6.07, 6.45) is 4.33. The van der Waals surface area contributed by atoms with Crippen LogP contribution in [0, 0.1) is 0 Å². The van der Waals surface area contributed by atoms with E-state index < -0.39 is 0 Å². The van der Waals surface area contributed by atoms with Gasteiger partial charge in [-0.1, -0.05) is 0 Å². The first-order valence-corrected chi connectivity index (χ1v) is 3.80. The second-order valence-corrected chi connectivity index (χ2v) is 3.01. The van der Waals surface area contributed by atoms with Gasteiger partial charge in [-0.2, -0.15) is 5.10 Å². The minimum absolute atomic E-state index is 0.666. The van der Waals surface area contributed by atoms with Crippen LogP contribution in [0.3, 0.4) is 0 Å². The molecule has 4 heteroatoms. The van der Waals surface area contributed by atoms with Crippen LogP contribution in [-0.2, 0) is 0 Å². The number of anilines is 2. The molecule has 0 saturated heterocycles. The van der Waals surface area contributed by atoms with Gasteiger partial charge < -0.3 is 10.6 Å². The van der Waals surface area contributed by atoms with E-state index in [9.17, 15) is 0 Å². The summed E-state index contributed by atoms with van der Waals surface area (Å²) in [7, 11) is 2.05. The van der Waals surface area contributed by atoms with Crippen LogP contribution < -0.4 is 10.6 Å². The molecule has 3 N–H and O–H groups in total. The predicted octanol–water partition coefficient (Wildman–Crippen LogP) is 0.591. The molecule has 1 heterocycles. The van der Waals surface area contributed by atoms with E-state index >= 15 is 0 Å². The summed E-state index contributed by atoms with van der Waals surface area (Å²) >= 11 is 0. The van der Waals surface area contributed by atoms with Crippen LogP contribution in [0.2, 0.25) is 0 Å². The number of hydrogen-bond acceptors (Lipinski definition) is 3. The zero-order valence-electron chi connectivity index (χ0n) is 6.54. The third-order valence-electron chi connectivity index (χ3n) is 2.12. The van der Waals surface area contributed by atoms with E-state index in [0.717, 1.165) is 5.69 Å². The van der Waals surface area contributed by atoms with Gasteiger partial charge in [-0.25, -0.2) is 0 Å². The quantitative estimate of drug-likeness (QED) is 0.652. The SMILES string of the molecule is CN(c1cn[nH]c1N)C1CC1. The van der Waals surface area contributed by atoms with Crippen molar-refractivity contribution in [2.75, 3.05) is 17.7 Å². The minimum Gasteiger partial charge on any atom is -0.382 e. The van der Waals surface area contributed by atoms with E-state index in [1.807, 2.05) is 0 Å². The Kier molecular flexibility index (Phi) is 1.27. The average molecular weight is 152 g/mol. The first-order chi connectivity index (χ1) is 5.29. The summed E-state index contributed by atoms with van der Waals surface area (Å²) in [6.45, 7) is 0. The third kappa shape index (κ3) is 1.04. The number of rotatable bonds is 2. The fraction of sp³-hybridized carbons (Fsp3) is 0.571. The van der Waals surface area contributed by atoms with E-state index in [2.05, 4.69) is 22.1 Å². The van der Waals surface area contributed by atoms with Crippen LogP contribution in [0.4, 0.5) is 11.5 Å². The summed E-state index contributed by atoms with van der Waals surface area (Å²) < 4.78 is 0. The standard InChI is InChI=1S/C7H12N4/c1-11(5-2-3-5)6-4-9-10-7(6)8/h4-5H,2-3H2,1H3,(H3,8,9,10). The number of aromatic amines is 1. The number of nitrogens with zero attached hydrogens (tertiary/aromatic N) is 2. The Labute approximate surface area is 65.4 Å². The minimum atomic E-state index is 0.666. The number of nitrogens with one attached hydrogen (secondary N) is 1. The zero-order valence-corrected chi connectivity index (χ0v) is 6.54. The molecule has 1 aromatic rings. The molecule has 0 bridgehead atoms. The van der Waals surface area contributed by atoms with Crippen LogP contribution in [-0.4, -0.2) is 23.3 Å². The molecular formula is C7H12N4. The molecule has 1 fully saturated rings. The van der Waals surface area contributed by atoms with Crippen molar-refractivity contribution in [1.82, 2.24) is 10.2 Å². The van der Waals surface area contributed by atoms with E-state index in [-0.39, 0.29) is 0 Å². The zero-order chi connectivity index (χ0) is 7.84. The molecule has 1 aliphatic rings. The second-order valence-electron chi connectivity index (χ2n) is 3.01. The normalized spacial score (nSPS) is 16.8. The summed E-state index contributed by atoms with van der Waals surface area (Å²) in [4.78, 5) is 2.18. The molecule has 1 saturated carbocycles. The Morgan fingerprint density at radius 3 is 2.91 bits per heavy atom. The lowest BCUT2D eigenvalue weighted by atomic mass is 10.4. The number of aromatic nitrogens is 2. The van der Waals surface area contributed by atoms with Gasteiger partial charge in [0.1, 0.15) is 5.82 Å². The Bertz CT molecular complexity index is 251. The molecule has 4 nitrogen and oxygen atoms in total. The van der Waals surface area contributed by atoms with Crippen molar-refractivity contribution in [3.8, 4) is 0 Å². The van der Waals surface area contributed by atoms with E-state index in [0.29, 0.717) is 11.9 Å². The first-order valence-electron chi connectivity index (χ1n) is 3.80. The van der Waals surface area contributed by atoms with Crippen LogP contribution in [0.25, 0.3) is 0 Å². The molecular weight excluding hydrogens is 140 g/mol. The van der Waals surface area contributed by atoms with Crippen molar-refractivity contribution in [3.63, 3.8) is 0 Å².